The van der Waals surface area contributed by atoms with Gasteiger partial charge in [-0.2, -0.15) is 0 Å². The fraction of sp³-hybridized carbons (Fsp3) is 0.500. The average molecular weight is 315 g/mol. The van der Waals surface area contributed by atoms with Crippen LogP contribution in [0.1, 0.15) is 12.8 Å². The van der Waals surface area contributed by atoms with E-state index < -0.39 is 0 Å². The first-order chi connectivity index (χ1) is 11.3. The quantitative estimate of drug-likeness (QED) is 0.891. The molecule has 7 heteroatoms. The number of nitrogens with zero attached hydrogens (tertiary/aromatic N) is 3. The number of urea groups is 1. The minimum Gasteiger partial charge on any atom is -0.373 e. The number of benzene rings is 1. The zero-order chi connectivity index (χ0) is 15.6. The maximum Gasteiger partial charge on any atom is 0.334 e. The van der Waals surface area contributed by atoms with Gasteiger partial charge in [0.2, 0.25) is 0 Å². The lowest BCUT2D eigenvalue weighted by Gasteiger charge is -2.35. The van der Waals surface area contributed by atoms with Crippen LogP contribution in [-0.2, 0) is 4.74 Å². The molecule has 2 aliphatic rings. The summed E-state index contributed by atoms with van der Waals surface area (Å²) in [6, 6.07) is 8.00. The van der Waals surface area contributed by atoms with E-state index in [1.54, 1.807) is 11.0 Å². The highest BCUT2D eigenvalue weighted by Gasteiger charge is 2.32. The van der Waals surface area contributed by atoms with E-state index >= 15 is 0 Å². The van der Waals surface area contributed by atoms with Gasteiger partial charge in [-0.3, -0.25) is 4.90 Å². The Bertz CT molecular complexity index is 701. The Kier molecular flexibility index (Phi) is 3.88. The number of carbonyl (C=O) groups excluding carboxylic acids is 1. The Hall–Kier alpha value is -2.12. The van der Waals surface area contributed by atoms with Gasteiger partial charge in [0.05, 0.1) is 23.7 Å². The lowest BCUT2D eigenvalue weighted by molar-refractivity contribution is -0.0456. The van der Waals surface area contributed by atoms with Crippen molar-refractivity contribution in [1.29, 1.82) is 0 Å². The smallest absolute Gasteiger partial charge is 0.334 e. The Morgan fingerprint density at radius 3 is 3.26 bits per heavy atom. The molecule has 7 nitrogen and oxygen atoms in total. The molecular weight excluding hydrogens is 294 g/mol. The summed E-state index contributed by atoms with van der Waals surface area (Å²) in [6.45, 7) is 3.35. The number of para-hydroxylation sites is 2. The normalized spacial score (nSPS) is 24.5. The third-order valence-corrected chi connectivity index (χ3v) is 4.63. The lowest BCUT2D eigenvalue weighted by atomic mass is 10.2. The molecular formula is C16H21N5O2. The molecule has 2 amide bonds. The van der Waals surface area contributed by atoms with E-state index in [4.69, 9.17) is 4.74 Å². The molecule has 0 radical (unpaired) electrons. The van der Waals surface area contributed by atoms with Crippen LogP contribution in [0.15, 0.2) is 30.6 Å². The van der Waals surface area contributed by atoms with Gasteiger partial charge < -0.3 is 10.1 Å². The second-order valence-electron chi connectivity index (χ2n) is 6.17. The van der Waals surface area contributed by atoms with Crippen molar-refractivity contribution in [3.63, 3.8) is 0 Å². The van der Waals surface area contributed by atoms with Crippen molar-refractivity contribution >= 4 is 17.1 Å². The minimum absolute atomic E-state index is 0.0645. The second kappa shape index (κ2) is 6.17. The number of morpholine rings is 1. The SMILES string of the molecule is O=C(NCC1CN2CCCC2CO1)Nn1cnc2ccccc21. The number of hydrogen-bond acceptors (Lipinski definition) is 4. The summed E-state index contributed by atoms with van der Waals surface area (Å²) in [6.07, 6.45) is 4.15. The van der Waals surface area contributed by atoms with Crippen LogP contribution in [0.4, 0.5) is 4.79 Å². The topological polar surface area (TPSA) is 71.4 Å². The van der Waals surface area contributed by atoms with Gasteiger partial charge in [0.1, 0.15) is 6.33 Å². The van der Waals surface area contributed by atoms with Gasteiger partial charge in [0, 0.05) is 19.1 Å². The third-order valence-electron chi connectivity index (χ3n) is 4.63. The lowest BCUT2D eigenvalue weighted by Crippen LogP contribution is -2.50. The van der Waals surface area contributed by atoms with E-state index in [0.717, 1.165) is 30.7 Å². The van der Waals surface area contributed by atoms with Crippen molar-refractivity contribution in [2.24, 2.45) is 0 Å². The zero-order valence-electron chi connectivity index (χ0n) is 12.9. The molecule has 122 valence electrons. The van der Waals surface area contributed by atoms with Gasteiger partial charge in [-0.1, -0.05) is 12.1 Å². The van der Waals surface area contributed by atoms with Crippen molar-refractivity contribution in [1.82, 2.24) is 19.9 Å². The highest BCUT2D eigenvalue weighted by atomic mass is 16.5. The molecule has 2 aliphatic heterocycles. The fourth-order valence-corrected chi connectivity index (χ4v) is 3.41. The molecule has 1 aromatic heterocycles. The monoisotopic (exact) mass is 315 g/mol. The third kappa shape index (κ3) is 3.02. The summed E-state index contributed by atoms with van der Waals surface area (Å²) >= 11 is 0. The van der Waals surface area contributed by atoms with Crippen LogP contribution in [0, 0.1) is 0 Å². The van der Waals surface area contributed by atoms with E-state index in [0.29, 0.717) is 12.6 Å². The molecule has 2 aromatic rings. The molecule has 2 saturated heterocycles. The number of hydrogen-bond donors (Lipinski definition) is 2. The van der Waals surface area contributed by atoms with Crippen LogP contribution < -0.4 is 10.7 Å². The van der Waals surface area contributed by atoms with Crippen LogP contribution in [-0.4, -0.2) is 59.0 Å². The van der Waals surface area contributed by atoms with Gasteiger partial charge >= 0.3 is 6.03 Å². The molecule has 0 bridgehead atoms. The van der Waals surface area contributed by atoms with Crippen LogP contribution in [0.2, 0.25) is 0 Å². The van der Waals surface area contributed by atoms with Crippen molar-refractivity contribution in [3.8, 4) is 0 Å². The Balaban J connectivity index is 1.30. The number of imidazole rings is 1. The summed E-state index contributed by atoms with van der Waals surface area (Å²) in [7, 11) is 0. The first-order valence-corrected chi connectivity index (χ1v) is 8.12. The molecule has 0 aliphatic carbocycles. The zero-order valence-corrected chi connectivity index (χ0v) is 12.9. The number of amides is 2. The van der Waals surface area contributed by atoms with Crippen molar-refractivity contribution < 1.29 is 9.53 Å². The van der Waals surface area contributed by atoms with E-state index in [9.17, 15) is 4.79 Å². The number of carbonyl (C=O) groups is 1. The Morgan fingerprint density at radius 1 is 1.39 bits per heavy atom. The number of nitrogens with one attached hydrogen (secondary N) is 2. The fourth-order valence-electron chi connectivity index (χ4n) is 3.41. The molecule has 1 aromatic carbocycles. The number of ether oxygens (including phenoxy) is 1. The molecule has 2 unspecified atom stereocenters. The summed E-state index contributed by atoms with van der Waals surface area (Å²) in [5, 5.41) is 2.88. The van der Waals surface area contributed by atoms with Gasteiger partial charge in [-0.25, -0.2) is 19.9 Å². The van der Waals surface area contributed by atoms with E-state index in [1.165, 1.54) is 12.8 Å². The largest absolute Gasteiger partial charge is 0.373 e. The van der Waals surface area contributed by atoms with Gasteiger partial charge in [-0.15, -0.1) is 0 Å². The molecule has 0 saturated carbocycles. The van der Waals surface area contributed by atoms with Crippen LogP contribution >= 0.6 is 0 Å². The van der Waals surface area contributed by atoms with Gasteiger partial charge in [0.15, 0.2) is 0 Å². The number of fused-ring (bicyclic) bond motifs is 2. The summed E-state index contributed by atoms with van der Waals surface area (Å²) < 4.78 is 7.47. The summed E-state index contributed by atoms with van der Waals surface area (Å²) in [5.74, 6) is 0. The van der Waals surface area contributed by atoms with E-state index in [2.05, 4.69) is 20.6 Å². The summed E-state index contributed by atoms with van der Waals surface area (Å²) in [4.78, 5) is 18.8. The number of rotatable bonds is 3. The van der Waals surface area contributed by atoms with Crippen molar-refractivity contribution in [2.45, 2.75) is 25.0 Å². The highest BCUT2D eigenvalue weighted by Crippen LogP contribution is 2.22. The minimum atomic E-state index is -0.250. The van der Waals surface area contributed by atoms with E-state index in [-0.39, 0.29) is 12.1 Å². The average Bonchev–Trinajstić information content (AvgIpc) is 3.20. The van der Waals surface area contributed by atoms with Gasteiger partial charge in [-0.05, 0) is 31.5 Å². The summed E-state index contributed by atoms with van der Waals surface area (Å²) in [5.41, 5.74) is 4.51. The Labute approximate surface area is 134 Å². The maximum absolute atomic E-state index is 12.1. The molecule has 23 heavy (non-hydrogen) atoms. The van der Waals surface area contributed by atoms with Crippen LogP contribution in [0.5, 0.6) is 0 Å². The van der Waals surface area contributed by atoms with Gasteiger partial charge in [0.25, 0.3) is 0 Å². The predicted molar refractivity (Wildman–Crippen MR) is 86.8 cm³/mol. The molecule has 0 spiro atoms. The van der Waals surface area contributed by atoms with Crippen molar-refractivity contribution in [2.75, 3.05) is 31.7 Å². The maximum atomic E-state index is 12.1. The van der Waals surface area contributed by atoms with Crippen LogP contribution in [0.25, 0.3) is 11.0 Å². The first-order valence-electron chi connectivity index (χ1n) is 8.12. The standard InChI is InChI=1S/C16H21N5O2/c22-16(19-21-11-18-14-5-1-2-6-15(14)21)17-8-13-9-20-7-3-4-12(20)10-23-13/h1-2,5-6,11-13H,3-4,7-10H2,(H2,17,19,22). The molecule has 2 atom stereocenters. The van der Waals surface area contributed by atoms with Crippen molar-refractivity contribution in [3.05, 3.63) is 30.6 Å². The van der Waals surface area contributed by atoms with Crippen LogP contribution in [0.3, 0.4) is 0 Å². The molecule has 4 rings (SSSR count). The first kappa shape index (κ1) is 14.5. The van der Waals surface area contributed by atoms with E-state index in [1.807, 2.05) is 24.3 Å². The molecule has 2 N–H and O–H groups in total. The highest BCUT2D eigenvalue weighted by molar-refractivity contribution is 5.85. The predicted octanol–water partition coefficient (Wildman–Crippen LogP) is 1.15. The number of aromatic nitrogens is 2. The molecule has 2 fully saturated rings. The second-order valence-corrected chi connectivity index (χ2v) is 6.17. The Morgan fingerprint density at radius 2 is 2.30 bits per heavy atom. The molecule has 3 heterocycles.